The zero-order valence-corrected chi connectivity index (χ0v) is 24.0. The molecule has 1 heterocycles. The number of nitrogens with one attached hydrogen (secondary N) is 2. The second-order valence-electron chi connectivity index (χ2n) is 6.94. The number of nitrogens with zero attached hydrogens (tertiary/aromatic N) is 2. The van der Waals surface area contributed by atoms with E-state index >= 15 is 0 Å². The molecule has 1 aromatic heterocycles. The van der Waals surface area contributed by atoms with Crippen LogP contribution in [0.3, 0.4) is 0 Å². The number of carbonyl (C=O) groups excluding carboxylic acids is 2. The molecule has 2 aromatic carbocycles. The van der Waals surface area contributed by atoms with Crippen LogP contribution < -0.4 is 10.6 Å². The molecule has 2 unspecified atom stereocenters. The van der Waals surface area contributed by atoms with Crippen molar-refractivity contribution in [3.8, 4) is 0 Å². The number of thioether (sulfide) groups is 2. The highest BCUT2D eigenvalue weighted by molar-refractivity contribution is 8.00. The number of carbonyl (C=O) groups is 2. The average molecular weight is 645 g/mol. The fraction of sp³-hybridized carbons (Fsp3) is 0.182. The number of halogens is 6. The van der Waals surface area contributed by atoms with Gasteiger partial charge < -0.3 is 10.6 Å². The van der Waals surface area contributed by atoms with E-state index in [0.29, 0.717) is 16.2 Å². The highest BCUT2D eigenvalue weighted by Gasteiger charge is 2.37. The fourth-order valence-electron chi connectivity index (χ4n) is 2.61. The maximum absolute atomic E-state index is 12.6. The highest BCUT2D eigenvalue weighted by atomic mass is 35.6. The van der Waals surface area contributed by atoms with Crippen LogP contribution in [0.15, 0.2) is 83.1 Å². The number of alkyl halides is 6. The molecule has 0 bridgehead atoms. The van der Waals surface area contributed by atoms with E-state index in [1.165, 1.54) is 6.20 Å². The monoisotopic (exact) mass is 642 g/mol. The Morgan fingerprint density at radius 2 is 1.14 bits per heavy atom. The Bertz CT molecular complexity index is 1090. The maximum atomic E-state index is 12.6. The van der Waals surface area contributed by atoms with Crippen molar-refractivity contribution in [1.29, 1.82) is 0 Å². The predicted molar refractivity (Wildman–Crippen MR) is 150 cm³/mol. The molecule has 3 rings (SSSR count). The first-order valence-corrected chi connectivity index (χ1v) is 14.0. The van der Waals surface area contributed by atoms with E-state index in [4.69, 9.17) is 69.6 Å². The number of aromatic nitrogens is 2. The molecule has 0 aliphatic heterocycles. The summed E-state index contributed by atoms with van der Waals surface area (Å²) in [6.45, 7) is 0. The zero-order chi connectivity index (χ0) is 26.3. The SMILES string of the molecule is O=C(NC(Sc1ccnc(SC(NC(=O)c2ccccc2)C(Cl)(Cl)Cl)n1)C(Cl)(Cl)Cl)c1ccccc1. The first kappa shape index (κ1) is 29.5. The lowest BCUT2D eigenvalue weighted by Crippen LogP contribution is -2.41. The molecule has 190 valence electrons. The molecule has 0 aliphatic rings. The van der Waals surface area contributed by atoms with Crippen LogP contribution in [0.4, 0.5) is 0 Å². The topological polar surface area (TPSA) is 84.0 Å². The summed E-state index contributed by atoms with van der Waals surface area (Å²) in [5.74, 6) is -0.868. The molecule has 0 radical (unpaired) electrons. The van der Waals surface area contributed by atoms with Gasteiger partial charge in [-0.3, -0.25) is 9.59 Å². The Morgan fingerprint density at radius 1 is 0.694 bits per heavy atom. The Balaban J connectivity index is 1.75. The summed E-state index contributed by atoms with van der Waals surface area (Å²) >= 11 is 38.7. The molecule has 3 aromatic rings. The van der Waals surface area contributed by atoms with Gasteiger partial charge in [-0.15, -0.1) is 0 Å². The van der Waals surface area contributed by atoms with Gasteiger partial charge in [-0.05, 0) is 30.3 Å². The smallest absolute Gasteiger partial charge is 0.252 e. The van der Waals surface area contributed by atoms with E-state index in [0.717, 1.165) is 23.5 Å². The normalized spacial score (nSPS) is 13.5. The number of amides is 2. The van der Waals surface area contributed by atoms with Gasteiger partial charge in [0.25, 0.3) is 11.8 Å². The third-order valence-corrected chi connectivity index (χ3v) is 8.64. The van der Waals surface area contributed by atoms with Crippen molar-refractivity contribution in [2.75, 3.05) is 0 Å². The largest absolute Gasteiger partial charge is 0.336 e. The minimum atomic E-state index is -1.88. The molecule has 0 spiro atoms. The van der Waals surface area contributed by atoms with Gasteiger partial charge in [-0.2, -0.15) is 0 Å². The third-order valence-electron chi connectivity index (χ3n) is 4.26. The van der Waals surface area contributed by atoms with E-state index in [-0.39, 0.29) is 5.16 Å². The van der Waals surface area contributed by atoms with Gasteiger partial charge in [-0.25, -0.2) is 9.97 Å². The molecule has 36 heavy (non-hydrogen) atoms. The van der Waals surface area contributed by atoms with Crippen molar-refractivity contribution in [2.45, 2.75) is 28.5 Å². The molecule has 14 heteroatoms. The van der Waals surface area contributed by atoms with E-state index in [9.17, 15) is 9.59 Å². The third kappa shape index (κ3) is 9.03. The summed E-state index contributed by atoms with van der Waals surface area (Å²) in [5, 5.41) is 3.89. The fourth-order valence-corrected chi connectivity index (χ4v) is 5.40. The van der Waals surface area contributed by atoms with Gasteiger partial charge in [0.2, 0.25) is 7.59 Å². The highest BCUT2D eigenvalue weighted by Crippen LogP contribution is 2.41. The van der Waals surface area contributed by atoms with Gasteiger partial charge >= 0.3 is 0 Å². The molecular weight excluding hydrogens is 629 g/mol. The van der Waals surface area contributed by atoms with Crippen LogP contribution in [-0.2, 0) is 0 Å². The minimum absolute atomic E-state index is 0.183. The summed E-state index contributed by atoms with van der Waals surface area (Å²) in [6, 6.07) is 18.5. The van der Waals surface area contributed by atoms with Crippen LogP contribution in [0, 0.1) is 0 Å². The van der Waals surface area contributed by atoms with Crippen LogP contribution >= 0.6 is 93.1 Å². The predicted octanol–water partition coefficient (Wildman–Crippen LogP) is 6.91. The molecule has 2 amide bonds. The van der Waals surface area contributed by atoms with Gasteiger partial charge in [0.1, 0.15) is 15.8 Å². The molecule has 2 atom stereocenters. The maximum Gasteiger partial charge on any atom is 0.252 e. The summed E-state index contributed by atoms with van der Waals surface area (Å²) in [6.07, 6.45) is 1.46. The molecule has 0 fully saturated rings. The van der Waals surface area contributed by atoms with E-state index in [1.807, 2.05) is 0 Å². The Labute approximate surface area is 246 Å². The standard InChI is InChI=1S/C22H16Cl6N4O2S2/c23-21(24,25)18(31-16(33)13-7-3-1-4-8-13)35-15-11-12-29-20(30-15)36-19(22(26,27)28)32-17(34)14-9-5-2-6-10-14/h1-12,18-19H,(H,31,33)(H,32,34). The number of benzene rings is 2. The number of rotatable bonds is 8. The molecule has 0 saturated heterocycles. The molecule has 0 aliphatic carbocycles. The number of hydrogen-bond donors (Lipinski definition) is 2. The van der Waals surface area contributed by atoms with Crippen molar-refractivity contribution < 1.29 is 9.59 Å². The average Bonchev–Trinajstić information content (AvgIpc) is 2.83. The summed E-state index contributed by atoms with van der Waals surface area (Å²) < 4.78 is -3.75. The summed E-state index contributed by atoms with van der Waals surface area (Å²) in [5.41, 5.74) is 0.790. The second kappa shape index (κ2) is 13.1. The van der Waals surface area contributed by atoms with Gasteiger partial charge in [0.15, 0.2) is 5.16 Å². The van der Waals surface area contributed by atoms with Gasteiger partial charge in [-0.1, -0.05) is 130 Å². The van der Waals surface area contributed by atoms with E-state index in [2.05, 4.69) is 20.6 Å². The Hall–Kier alpha value is -1.10. The van der Waals surface area contributed by atoms with Crippen molar-refractivity contribution in [2.24, 2.45) is 0 Å². The second-order valence-corrected chi connectivity index (χ2v) is 13.9. The quantitative estimate of drug-likeness (QED) is 0.0911. The van der Waals surface area contributed by atoms with Crippen LogP contribution in [0.2, 0.25) is 0 Å². The first-order chi connectivity index (χ1) is 16.9. The van der Waals surface area contributed by atoms with Gasteiger partial charge in [0.05, 0.1) is 0 Å². The van der Waals surface area contributed by atoms with Crippen molar-refractivity contribution in [3.05, 3.63) is 84.1 Å². The van der Waals surface area contributed by atoms with Crippen LogP contribution in [0.5, 0.6) is 0 Å². The lowest BCUT2D eigenvalue weighted by atomic mass is 10.2. The van der Waals surface area contributed by atoms with E-state index in [1.54, 1.807) is 66.7 Å². The zero-order valence-electron chi connectivity index (χ0n) is 17.9. The van der Waals surface area contributed by atoms with Gasteiger partial charge in [0, 0.05) is 17.3 Å². The lowest BCUT2D eigenvalue weighted by Gasteiger charge is -2.25. The summed E-state index contributed by atoms with van der Waals surface area (Å²) in [4.78, 5) is 33.8. The molecule has 2 N–H and O–H groups in total. The van der Waals surface area contributed by atoms with E-state index < -0.39 is 30.1 Å². The van der Waals surface area contributed by atoms with Crippen molar-refractivity contribution >= 4 is 105 Å². The van der Waals surface area contributed by atoms with Crippen LogP contribution in [0.25, 0.3) is 0 Å². The minimum Gasteiger partial charge on any atom is -0.336 e. The van der Waals surface area contributed by atoms with Crippen molar-refractivity contribution in [1.82, 2.24) is 20.6 Å². The lowest BCUT2D eigenvalue weighted by molar-refractivity contribution is 0.0942. The molecular formula is C22H16Cl6N4O2S2. The Kier molecular flexibility index (Phi) is 10.7. The molecule has 6 nitrogen and oxygen atoms in total. The Morgan fingerprint density at radius 3 is 1.58 bits per heavy atom. The first-order valence-electron chi connectivity index (χ1n) is 9.95. The molecule has 0 saturated carbocycles. The summed E-state index contributed by atoms with van der Waals surface area (Å²) in [7, 11) is 0. The van der Waals surface area contributed by atoms with Crippen LogP contribution in [-0.4, -0.2) is 40.1 Å². The number of hydrogen-bond acceptors (Lipinski definition) is 6. The van der Waals surface area contributed by atoms with Crippen molar-refractivity contribution in [3.63, 3.8) is 0 Å². The van der Waals surface area contributed by atoms with Crippen LogP contribution in [0.1, 0.15) is 20.7 Å².